The van der Waals surface area contributed by atoms with Crippen LogP contribution in [0.2, 0.25) is 0 Å². The molecule has 0 aromatic heterocycles. The van der Waals surface area contributed by atoms with Gasteiger partial charge in [-0.25, -0.2) is 4.39 Å². The first-order chi connectivity index (χ1) is 8.59. The van der Waals surface area contributed by atoms with Crippen molar-refractivity contribution in [3.05, 3.63) is 35.6 Å². The predicted molar refractivity (Wildman–Crippen MR) is 68.4 cm³/mol. The first-order valence-electron chi connectivity index (χ1n) is 6.28. The molecule has 1 saturated heterocycles. The third kappa shape index (κ3) is 2.70. The van der Waals surface area contributed by atoms with Gasteiger partial charge in [-0.1, -0.05) is 25.1 Å². The fourth-order valence-corrected chi connectivity index (χ4v) is 2.17. The van der Waals surface area contributed by atoms with Crippen LogP contribution in [-0.4, -0.2) is 30.9 Å². The molecule has 0 spiro atoms. The Bertz CT molecular complexity index is 432. The molecule has 1 aliphatic heterocycles. The molecule has 2 rings (SSSR count). The van der Waals surface area contributed by atoms with Crippen molar-refractivity contribution >= 4 is 5.91 Å². The Morgan fingerprint density at radius 2 is 2.17 bits per heavy atom. The average molecular weight is 250 g/mol. The molecule has 4 heteroatoms. The van der Waals surface area contributed by atoms with E-state index in [0.29, 0.717) is 18.0 Å². The predicted octanol–water partition coefficient (Wildman–Crippen LogP) is 1.64. The van der Waals surface area contributed by atoms with Gasteiger partial charge in [0.05, 0.1) is 0 Å². The first-order valence-corrected chi connectivity index (χ1v) is 6.28. The van der Waals surface area contributed by atoms with E-state index in [2.05, 4.69) is 5.32 Å². The highest BCUT2D eigenvalue weighted by molar-refractivity contribution is 5.78. The molecule has 98 valence electrons. The van der Waals surface area contributed by atoms with Gasteiger partial charge in [0.2, 0.25) is 5.91 Å². The van der Waals surface area contributed by atoms with Crippen molar-refractivity contribution in [3.63, 3.8) is 0 Å². The number of nitrogens with one attached hydrogen (secondary N) is 1. The summed E-state index contributed by atoms with van der Waals surface area (Å²) >= 11 is 0. The molecule has 1 aromatic rings. The molecule has 1 unspecified atom stereocenters. The van der Waals surface area contributed by atoms with Crippen molar-refractivity contribution in [2.75, 3.05) is 20.1 Å². The minimum absolute atomic E-state index is 0.00280. The Labute approximate surface area is 107 Å². The summed E-state index contributed by atoms with van der Waals surface area (Å²) in [6, 6.07) is 6.58. The molecule has 1 amide bonds. The fourth-order valence-electron chi connectivity index (χ4n) is 2.17. The van der Waals surface area contributed by atoms with E-state index in [-0.39, 0.29) is 17.6 Å². The van der Waals surface area contributed by atoms with Crippen LogP contribution in [0.4, 0.5) is 4.39 Å². The third-order valence-electron chi connectivity index (χ3n) is 3.65. The summed E-state index contributed by atoms with van der Waals surface area (Å²) in [6.45, 7) is 4.09. The molecule has 0 bridgehead atoms. The van der Waals surface area contributed by atoms with Gasteiger partial charge in [-0.05, 0) is 25.1 Å². The maximum absolute atomic E-state index is 13.5. The van der Waals surface area contributed by atoms with Crippen LogP contribution in [0.25, 0.3) is 0 Å². The van der Waals surface area contributed by atoms with E-state index in [0.717, 1.165) is 13.1 Å². The van der Waals surface area contributed by atoms with E-state index in [1.807, 2.05) is 6.92 Å². The summed E-state index contributed by atoms with van der Waals surface area (Å²) in [5, 5.41) is 3.16. The number of carbonyl (C=O) groups excluding carboxylic acids is 1. The smallest absolute Gasteiger partial charge is 0.225 e. The molecule has 0 aliphatic carbocycles. The van der Waals surface area contributed by atoms with E-state index in [9.17, 15) is 9.18 Å². The number of halogens is 1. The third-order valence-corrected chi connectivity index (χ3v) is 3.65. The van der Waals surface area contributed by atoms with Crippen molar-refractivity contribution in [2.45, 2.75) is 13.5 Å². The minimum atomic E-state index is -0.255. The van der Waals surface area contributed by atoms with Crippen LogP contribution in [0.3, 0.4) is 0 Å². The Kier molecular flexibility index (Phi) is 3.97. The Balaban J connectivity index is 1.96. The molecule has 1 aromatic carbocycles. The van der Waals surface area contributed by atoms with E-state index >= 15 is 0 Å². The average Bonchev–Trinajstić information content (AvgIpc) is 2.28. The molecule has 1 heterocycles. The molecule has 1 aliphatic rings. The van der Waals surface area contributed by atoms with E-state index in [1.54, 1.807) is 30.1 Å². The summed E-state index contributed by atoms with van der Waals surface area (Å²) in [5.41, 5.74) is 0.562. The number of hydrogen-bond donors (Lipinski definition) is 1. The lowest BCUT2D eigenvalue weighted by atomic mass is 9.88. The zero-order valence-electron chi connectivity index (χ0n) is 10.8. The first kappa shape index (κ1) is 13.0. The van der Waals surface area contributed by atoms with E-state index in [4.69, 9.17) is 0 Å². The molecule has 3 nitrogen and oxygen atoms in total. The van der Waals surface area contributed by atoms with Crippen LogP contribution in [-0.2, 0) is 11.3 Å². The molecule has 18 heavy (non-hydrogen) atoms. The Morgan fingerprint density at radius 1 is 1.50 bits per heavy atom. The fraction of sp³-hybridized carbons (Fsp3) is 0.500. The highest BCUT2D eigenvalue weighted by Gasteiger charge is 2.30. The van der Waals surface area contributed by atoms with Gasteiger partial charge in [0, 0.05) is 25.1 Å². The van der Waals surface area contributed by atoms with Gasteiger partial charge in [-0.2, -0.15) is 0 Å². The highest BCUT2D eigenvalue weighted by atomic mass is 19.1. The molecule has 0 radical (unpaired) electrons. The summed E-state index contributed by atoms with van der Waals surface area (Å²) in [7, 11) is 1.73. The number of nitrogens with zero attached hydrogens (tertiary/aromatic N) is 1. The van der Waals surface area contributed by atoms with Crippen molar-refractivity contribution in [1.29, 1.82) is 0 Å². The van der Waals surface area contributed by atoms with Crippen molar-refractivity contribution in [1.82, 2.24) is 10.2 Å². The van der Waals surface area contributed by atoms with Crippen LogP contribution in [0.5, 0.6) is 0 Å². The lowest BCUT2D eigenvalue weighted by Crippen LogP contribution is -2.49. The Hall–Kier alpha value is -1.42. The number of amides is 1. The van der Waals surface area contributed by atoms with Crippen molar-refractivity contribution in [2.24, 2.45) is 11.8 Å². The van der Waals surface area contributed by atoms with Crippen LogP contribution in [0.1, 0.15) is 12.5 Å². The molecule has 1 atom stereocenters. The number of carbonyl (C=O) groups is 1. The Morgan fingerprint density at radius 3 is 2.72 bits per heavy atom. The van der Waals surface area contributed by atoms with Gasteiger partial charge in [0.25, 0.3) is 0 Å². The van der Waals surface area contributed by atoms with Gasteiger partial charge in [0.15, 0.2) is 0 Å². The number of rotatable bonds is 4. The normalized spacial score (nSPS) is 17.1. The number of hydrogen-bond acceptors (Lipinski definition) is 2. The molecule has 0 saturated carbocycles. The van der Waals surface area contributed by atoms with Gasteiger partial charge in [-0.3, -0.25) is 4.79 Å². The lowest BCUT2D eigenvalue weighted by molar-refractivity contribution is -0.136. The second kappa shape index (κ2) is 5.48. The number of benzene rings is 1. The SMILES string of the molecule is CC(C(=O)N(C)Cc1ccccc1F)C1CNC1. The zero-order chi connectivity index (χ0) is 13.1. The second-order valence-electron chi connectivity index (χ2n) is 4.99. The van der Waals surface area contributed by atoms with Gasteiger partial charge in [0.1, 0.15) is 5.82 Å². The minimum Gasteiger partial charge on any atom is -0.341 e. The molecular weight excluding hydrogens is 231 g/mol. The topological polar surface area (TPSA) is 32.3 Å². The van der Waals surface area contributed by atoms with Gasteiger partial charge in [-0.15, -0.1) is 0 Å². The quantitative estimate of drug-likeness (QED) is 0.881. The van der Waals surface area contributed by atoms with Crippen LogP contribution in [0, 0.1) is 17.7 Å². The van der Waals surface area contributed by atoms with Crippen molar-refractivity contribution in [3.8, 4) is 0 Å². The van der Waals surface area contributed by atoms with E-state index < -0.39 is 0 Å². The summed E-state index contributed by atoms with van der Waals surface area (Å²) in [4.78, 5) is 13.8. The van der Waals surface area contributed by atoms with Gasteiger partial charge >= 0.3 is 0 Å². The van der Waals surface area contributed by atoms with Crippen molar-refractivity contribution < 1.29 is 9.18 Å². The monoisotopic (exact) mass is 250 g/mol. The summed E-state index contributed by atoms with van der Waals surface area (Å²) in [6.07, 6.45) is 0. The highest BCUT2D eigenvalue weighted by Crippen LogP contribution is 2.19. The largest absolute Gasteiger partial charge is 0.341 e. The lowest BCUT2D eigenvalue weighted by Gasteiger charge is -2.34. The van der Waals surface area contributed by atoms with Gasteiger partial charge < -0.3 is 10.2 Å². The molecule has 1 fully saturated rings. The van der Waals surface area contributed by atoms with Crippen LogP contribution < -0.4 is 5.32 Å². The van der Waals surface area contributed by atoms with Crippen LogP contribution in [0.15, 0.2) is 24.3 Å². The second-order valence-corrected chi connectivity index (χ2v) is 4.99. The maximum atomic E-state index is 13.5. The van der Waals surface area contributed by atoms with Crippen LogP contribution >= 0.6 is 0 Å². The maximum Gasteiger partial charge on any atom is 0.225 e. The molecular formula is C14H19FN2O. The summed E-state index contributed by atoms with van der Waals surface area (Å²) < 4.78 is 13.5. The van der Waals surface area contributed by atoms with E-state index in [1.165, 1.54) is 6.07 Å². The standard InChI is InChI=1S/C14H19FN2O/c1-10(12-7-16-8-12)14(18)17(2)9-11-5-3-4-6-13(11)15/h3-6,10,12,16H,7-9H2,1-2H3. The summed E-state index contributed by atoms with van der Waals surface area (Å²) in [5.74, 6) is 0.253. The zero-order valence-corrected chi connectivity index (χ0v) is 10.8. The molecule has 1 N–H and O–H groups in total.